The number of hydrogen-bond donors (Lipinski definition) is 2. The summed E-state index contributed by atoms with van der Waals surface area (Å²) in [6.07, 6.45) is 1.71. The van der Waals surface area contributed by atoms with Gasteiger partial charge in [-0.05, 0) is 23.8 Å². The Hall–Kier alpha value is -3.73. The van der Waals surface area contributed by atoms with Gasteiger partial charge < -0.3 is 19.9 Å². The SMILES string of the molecule is COc1cc(C(=O)Nc2ncc(Cc3ccc(F)cc3F)s2)cc(OC)c1OCC(N)=O. The lowest BCUT2D eigenvalue weighted by atomic mass is 10.1. The number of methoxy groups -OCH3 is 2. The summed E-state index contributed by atoms with van der Waals surface area (Å²) >= 11 is 1.16. The van der Waals surface area contributed by atoms with Gasteiger partial charge in [0.2, 0.25) is 5.75 Å². The Morgan fingerprint density at radius 2 is 1.81 bits per heavy atom. The van der Waals surface area contributed by atoms with Crippen molar-refractivity contribution in [2.24, 2.45) is 5.73 Å². The maximum absolute atomic E-state index is 13.9. The fourth-order valence-corrected chi connectivity index (χ4v) is 3.60. The smallest absolute Gasteiger partial charge is 0.257 e. The lowest BCUT2D eigenvalue weighted by Crippen LogP contribution is -2.20. The molecule has 11 heteroatoms. The second kappa shape index (κ2) is 10.1. The molecule has 0 atom stereocenters. The van der Waals surface area contributed by atoms with Gasteiger partial charge in [-0.3, -0.25) is 14.9 Å². The van der Waals surface area contributed by atoms with Gasteiger partial charge >= 0.3 is 0 Å². The van der Waals surface area contributed by atoms with Crippen LogP contribution < -0.4 is 25.3 Å². The Morgan fingerprint density at radius 3 is 2.41 bits per heavy atom. The Kier molecular flexibility index (Phi) is 7.21. The van der Waals surface area contributed by atoms with E-state index in [2.05, 4.69) is 10.3 Å². The largest absolute Gasteiger partial charge is 0.493 e. The van der Waals surface area contributed by atoms with E-state index in [1.54, 1.807) is 0 Å². The van der Waals surface area contributed by atoms with Crippen LogP contribution in [0.1, 0.15) is 20.8 Å². The molecule has 0 fully saturated rings. The Bertz CT molecular complexity index is 1130. The number of nitrogens with one attached hydrogen (secondary N) is 1. The highest BCUT2D eigenvalue weighted by atomic mass is 32.1. The van der Waals surface area contributed by atoms with Crippen molar-refractivity contribution in [1.82, 2.24) is 4.98 Å². The molecule has 0 unspecified atom stereocenters. The molecule has 8 nitrogen and oxygen atoms in total. The van der Waals surface area contributed by atoms with Crippen molar-refractivity contribution in [3.8, 4) is 17.2 Å². The van der Waals surface area contributed by atoms with Crippen LogP contribution in [0.4, 0.5) is 13.9 Å². The number of thiazole rings is 1. The van der Waals surface area contributed by atoms with Gasteiger partial charge in [0, 0.05) is 29.1 Å². The van der Waals surface area contributed by atoms with E-state index in [9.17, 15) is 18.4 Å². The van der Waals surface area contributed by atoms with E-state index < -0.39 is 30.1 Å². The number of nitrogens with zero attached hydrogens (tertiary/aromatic N) is 1. The van der Waals surface area contributed by atoms with Crippen molar-refractivity contribution >= 4 is 28.3 Å². The van der Waals surface area contributed by atoms with Gasteiger partial charge in [-0.2, -0.15) is 0 Å². The molecular weight excluding hydrogens is 444 g/mol. The summed E-state index contributed by atoms with van der Waals surface area (Å²) in [7, 11) is 2.74. The monoisotopic (exact) mass is 463 g/mol. The number of anilines is 1. The van der Waals surface area contributed by atoms with Crippen molar-refractivity contribution in [3.05, 3.63) is 64.2 Å². The fraction of sp³-hybridized carbons (Fsp3) is 0.190. The molecule has 0 aliphatic carbocycles. The Morgan fingerprint density at radius 1 is 1.12 bits per heavy atom. The minimum Gasteiger partial charge on any atom is -0.493 e. The van der Waals surface area contributed by atoms with Crippen molar-refractivity contribution in [2.75, 3.05) is 26.1 Å². The molecule has 1 aromatic heterocycles. The molecule has 0 aliphatic heterocycles. The predicted octanol–water partition coefficient (Wildman–Crippen LogP) is 3.15. The Balaban J connectivity index is 1.76. The van der Waals surface area contributed by atoms with Crippen LogP contribution >= 0.6 is 11.3 Å². The summed E-state index contributed by atoms with van der Waals surface area (Å²) in [6, 6.07) is 6.19. The van der Waals surface area contributed by atoms with Crippen molar-refractivity contribution in [3.63, 3.8) is 0 Å². The van der Waals surface area contributed by atoms with E-state index in [1.807, 2.05) is 0 Å². The van der Waals surface area contributed by atoms with Crippen LogP contribution in [-0.2, 0) is 11.2 Å². The first kappa shape index (κ1) is 22.9. The molecule has 0 saturated heterocycles. The topological polar surface area (TPSA) is 113 Å². The van der Waals surface area contributed by atoms with Crippen LogP contribution in [0.15, 0.2) is 36.5 Å². The average molecular weight is 463 g/mol. The number of carbonyl (C=O) groups is 2. The van der Waals surface area contributed by atoms with Crippen LogP contribution in [0, 0.1) is 11.6 Å². The number of primary amides is 1. The normalized spacial score (nSPS) is 10.5. The Labute approximate surface area is 185 Å². The van der Waals surface area contributed by atoms with E-state index in [1.165, 1.54) is 44.7 Å². The molecule has 3 aromatic rings. The molecule has 0 saturated carbocycles. The maximum Gasteiger partial charge on any atom is 0.257 e. The van der Waals surface area contributed by atoms with Crippen LogP contribution in [-0.4, -0.2) is 37.6 Å². The highest BCUT2D eigenvalue weighted by molar-refractivity contribution is 7.15. The third-order valence-electron chi connectivity index (χ3n) is 4.24. The summed E-state index contributed by atoms with van der Waals surface area (Å²) in [5, 5.41) is 2.94. The first-order valence-corrected chi connectivity index (χ1v) is 9.99. The predicted molar refractivity (Wildman–Crippen MR) is 113 cm³/mol. The molecule has 3 rings (SSSR count). The second-order valence-corrected chi connectivity index (χ2v) is 7.58. The number of amides is 2. The van der Waals surface area contributed by atoms with E-state index >= 15 is 0 Å². The minimum atomic E-state index is -0.684. The molecule has 0 bridgehead atoms. The van der Waals surface area contributed by atoms with E-state index in [0.29, 0.717) is 15.6 Å². The number of ether oxygens (including phenoxy) is 3. The number of nitrogens with two attached hydrogens (primary N) is 1. The zero-order chi connectivity index (χ0) is 23.3. The highest BCUT2D eigenvalue weighted by Gasteiger charge is 2.19. The van der Waals surface area contributed by atoms with Gasteiger partial charge in [-0.1, -0.05) is 6.07 Å². The van der Waals surface area contributed by atoms with E-state index in [4.69, 9.17) is 19.9 Å². The molecule has 32 heavy (non-hydrogen) atoms. The first-order valence-electron chi connectivity index (χ1n) is 9.17. The third-order valence-corrected chi connectivity index (χ3v) is 5.15. The molecule has 0 aliphatic rings. The summed E-state index contributed by atoms with van der Waals surface area (Å²) < 4.78 is 42.7. The number of aromatic nitrogens is 1. The van der Waals surface area contributed by atoms with E-state index in [0.717, 1.165) is 17.4 Å². The van der Waals surface area contributed by atoms with Crippen LogP contribution in [0.25, 0.3) is 0 Å². The molecule has 2 amide bonds. The zero-order valence-electron chi connectivity index (χ0n) is 17.1. The summed E-state index contributed by atoms with van der Waals surface area (Å²) in [5.41, 5.74) is 5.60. The van der Waals surface area contributed by atoms with Gasteiger partial charge in [0.05, 0.1) is 14.2 Å². The molecule has 0 radical (unpaired) electrons. The zero-order valence-corrected chi connectivity index (χ0v) is 17.9. The van der Waals surface area contributed by atoms with Crippen LogP contribution in [0.2, 0.25) is 0 Å². The number of halogens is 2. The molecule has 2 aromatic carbocycles. The van der Waals surface area contributed by atoms with Gasteiger partial charge in [0.15, 0.2) is 23.2 Å². The van der Waals surface area contributed by atoms with Crippen molar-refractivity contribution in [1.29, 1.82) is 0 Å². The van der Waals surface area contributed by atoms with Gasteiger partial charge in [0.1, 0.15) is 11.6 Å². The third kappa shape index (κ3) is 5.49. The quantitative estimate of drug-likeness (QED) is 0.504. The van der Waals surface area contributed by atoms with Crippen molar-refractivity contribution < 1.29 is 32.6 Å². The molecule has 3 N–H and O–H groups in total. The highest BCUT2D eigenvalue weighted by Crippen LogP contribution is 2.38. The first-order chi connectivity index (χ1) is 15.3. The molecule has 1 heterocycles. The van der Waals surface area contributed by atoms with Crippen LogP contribution in [0.5, 0.6) is 17.2 Å². The second-order valence-electron chi connectivity index (χ2n) is 6.46. The fourth-order valence-electron chi connectivity index (χ4n) is 2.77. The van der Waals surface area contributed by atoms with Crippen LogP contribution in [0.3, 0.4) is 0 Å². The number of hydrogen-bond acceptors (Lipinski definition) is 7. The van der Waals surface area contributed by atoms with Gasteiger partial charge in [-0.15, -0.1) is 11.3 Å². The number of carbonyl (C=O) groups excluding carboxylic acids is 2. The van der Waals surface area contributed by atoms with E-state index in [-0.39, 0.29) is 29.2 Å². The lowest BCUT2D eigenvalue weighted by molar-refractivity contribution is -0.120. The standard InChI is InChI=1S/C21H19F2N3O5S/c1-29-16-6-12(7-17(30-2)19(16)31-10-18(24)27)20(28)26-21-25-9-14(32-21)5-11-3-4-13(22)8-15(11)23/h3-4,6-9H,5,10H2,1-2H3,(H2,24,27)(H,25,26,28). The molecule has 168 valence electrons. The summed E-state index contributed by atoms with van der Waals surface area (Å²) in [6.45, 7) is -0.394. The minimum absolute atomic E-state index is 0.128. The van der Waals surface area contributed by atoms with Crippen molar-refractivity contribution in [2.45, 2.75) is 6.42 Å². The lowest BCUT2D eigenvalue weighted by Gasteiger charge is -2.15. The maximum atomic E-state index is 13.9. The van der Waals surface area contributed by atoms with Gasteiger partial charge in [0.25, 0.3) is 11.8 Å². The molecular formula is C21H19F2N3O5S. The summed E-state index contributed by atoms with van der Waals surface area (Å²) in [4.78, 5) is 28.5. The number of benzene rings is 2. The summed E-state index contributed by atoms with van der Waals surface area (Å²) in [5.74, 6) is -2.02. The number of rotatable bonds is 9. The van der Waals surface area contributed by atoms with Gasteiger partial charge in [-0.25, -0.2) is 13.8 Å². The average Bonchev–Trinajstić information content (AvgIpc) is 3.20. The molecule has 0 spiro atoms.